The van der Waals surface area contributed by atoms with Crippen LogP contribution in [0.5, 0.6) is 0 Å². The lowest BCUT2D eigenvalue weighted by Crippen LogP contribution is -2.27. The van der Waals surface area contributed by atoms with E-state index >= 15 is 0 Å². The number of fused-ring (bicyclic) bond motifs is 1. The van der Waals surface area contributed by atoms with Gasteiger partial charge in [0.25, 0.3) is 0 Å². The van der Waals surface area contributed by atoms with Crippen molar-refractivity contribution in [3.05, 3.63) is 60.1 Å². The first kappa shape index (κ1) is 15.7. The van der Waals surface area contributed by atoms with Gasteiger partial charge in [0.1, 0.15) is 0 Å². The minimum Gasteiger partial charge on any atom is -0.368 e. The maximum atomic E-state index is 12.4. The molecular weight excluding hydrogens is 302 g/mol. The summed E-state index contributed by atoms with van der Waals surface area (Å²) in [7, 11) is 1.79. The Hall–Kier alpha value is -3.15. The third kappa shape index (κ3) is 3.12. The highest BCUT2D eigenvalue weighted by Gasteiger charge is 2.18. The molecule has 3 rings (SSSR count). The van der Waals surface area contributed by atoms with E-state index in [0.717, 1.165) is 22.0 Å². The Balaban J connectivity index is 1.76. The van der Waals surface area contributed by atoms with Gasteiger partial charge in [0.15, 0.2) is 0 Å². The molecule has 122 valence electrons. The summed E-state index contributed by atoms with van der Waals surface area (Å²) >= 11 is 0. The molecule has 6 nitrogen and oxygen atoms in total. The van der Waals surface area contributed by atoms with Crippen LogP contribution < -0.4 is 5.73 Å². The number of aromatic nitrogens is 3. The van der Waals surface area contributed by atoms with Gasteiger partial charge in [0, 0.05) is 48.2 Å². The van der Waals surface area contributed by atoms with Gasteiger partial charge in [-0.1, -0.05) is 18.2 Å². The van der Waals surface area contributed by atoms with E-state index in [1.165, 1.54) is 6.08 Å². The van der Waals surface area contributed by atoms with Crippen molar-refractivity contribution in [2.45, 2.75) is 13.0 Å². The number of nitrogens with zero attached hydrogens (tertiary/aromatic N) is 3. The number of hydrogen-bond donors (Lipinski definition) is 2. The molecule has 0 saturated heterocycles. The van der Waals surface area contributed by atoms with Crippen molar-refractivity contribution >= 4 is 28.8 Å². The Morgan fingerprint density at radius 2 is 2.00 bits per heavy atom. The minimum absolute atomic E-state index is 0.0547. The van der Waals surface area contributed by atoms with Crippen molar-refractivity contribution in [2.75, 3.05) is 12.8 Å². The smallest absolute Gasteiger partial charge is 0.246 e. The Morgan fingerprint density at radius 3 is 2.75 bits per heavy atom. The summed E-state index contributed by atoms with van der Waals surface area (Å²) in [6.45, 7) is 2.01. The highest BCUT2D eigenvalue weighted by molar-refractivity contribution is 5.92. The molecule has 0 saturated carbocycles. The molecule has 3 aromatic rings. The average Bonchev–Trinajstić information content (AvgIpc) is 3.03. The molecule has 0 aliphatic heterocycles. The number of nitrogens with one attached hydrogen (secondary N) is 1. The monoisotopic (exact) mass is 321 g/mol. The van der Waals surface area contributed by atoms with E-state index in [-0.39, 0.29) is 17.9 Å². The third-order valence-corrected chi connectivity index (χ3v) is 4.11. The lowest BCUT2D eigenvalue weighted by atomic mass is 10.1. The Bertz CT molecular complexity index is 882. The Labute approximate surface area is 140 Å². The molecule has 3 N–H and O–H groups in total. The number of hydrogen-bond acceptors (Lipinski definition) is 4. The first-order valence-corrected chi connectivity index (χ1v) is 7.64. The predicted molar refractivity (Wildman–Crippen MR) is 95.0 cm³/mol. The number of anilines is 1. The fourth-order valence-electron chi connectivity index (χ4n) is 2.56. The van der Waals surface area contributed by atoms with E-state index in [9.17, 15) is 4.79 Å². The second-order valence-corrected chi connectivity index (χ2v) is 5.62. The second kappa shape index (κ2) is 6.54. The van der Waals surface area contributed by atoms with Crippen LogP contribution in [-0.2, 0) is 4.79 Å². The van der Waals surface area contributed by atoms with Gasteiger partial charge in [-0.25, -0.2) is 9.97 Å². The topological polar surface area (TPSA) is 87.9 Å². The van der Waals surface area contributed by atoms with Gasteiger partial charge >= 0.3 is 0 Å². The molecule has 0 bridgehead atoms. The van der Waals surface area contributed by atoms with Crippen molar-refractivity contribution in [3.8, 4) is 0 Å². The average molecular weight is 321 g/mol. The van der Waals surface area contributed by atoms with Crippen LogP contribution in [0.4, 0.5) is 5.95 Å². The first-order valence-electron chi connectivity index (χ1n) is 7.64. The van der Waals surface area contributed by atoms with Crippen LogP contribution in [0.1, 0.15) is 24.1 Å². The molecule has 1 unspecified atom stereocenters. The van der Waals surface area contributed by atoms with Gasteiger partial charge < -0.3 is 15.6 Å². The maximum absolute atomic E-state index is 12.4. The number of aromatic amines is 1. The molecular formula is C18H19N5O. The SMILES string of the molecule is CC(c1c[nH]c2ccccc12)N(C)C(=O)/C=C/c1cnc(N)nc1. The van der Waals surface area contributed by atoms with Crippen molar-refractivity contribution in [3.63, 3.8) is 0 Å². The summed E-state index contributed by atoms with van der Waals surface area (Å²) in [6, 6.07) is 8.00. The minimum atomic E-state index is -0.0930. The largest absolute Gasteiger partial charge is 0.368 e. The molecule has 0 radical (unpaired) electrons. The molecule has 0 aliphatic rings. The lowest BCUT2D eigenvalue weighted by molar-refractivity contribution is -0.126. The van der Waals surface area contributed by atoms with Crippen LogP contribution in [0.2, 0.25) is 0 Å². The number of benzene rings is 1. The van der Waals surface area contributed by atoms with Crippen molar-refractivity contribution in [1.29, 1.82) is 0 Å². The third-order valence-electron chi connectivity index (χ3n) is 4.11. The normalized spacial score (nSPS) is 12.6. The quantitative estimate of drug-likeness (QED) is 0.723. The van der Waals surface area contributed by atoms with E-state index in [1.54, 1.807) is 30.4 Å². The van der Waals surface area contributed by atoms with E-state index in [1.807, 2.05) is 31.3 Å². The van der Waals surface area contributed by atoms with Gasteiger partial charge in [0.2, 0.25) is 11.9 Å². The zero-order valence-electron chi connectivity index (χ0n) is 13.6. The van der Waals surface area contributed by atoms with Gasteiger partial charge in [-0.3, -0.25) is 4.79 Å². The summed E-state index contributed by atoms with van der Waals surface area (Å²) in [5.41, 5.74) is 8.33. The van der Waals surface area contributed by atoms with Crippen LogP contribution in [0.15, 0.2) is 48.9 Å². The fraction of sp³-hybridized carbons (Fsp3) is 0.167. The molecule has 1 aromatic carbocycles. The Morgan fingerprint density at radius 1 is 1.29 bits per heavy atom. The number of nitrogens with two attached hydrogens (primary N) is 1. The number of nitrogen functional groups attached to an aromatic ring is 1. The maximum Gasteiger partial charge on any atom is 0.246 e. The number of H-pyrrole nitrogens is 1. The number of carbonyl (C=O) groups excluding carboxylic acids is 1. The molecule has 2 heterocycles. The summed E-state index contributed by atoms with van der Waals surface area (Å²) in [5, 5.41) is 1.13. The number of likely N-dealkylation sites (N-methyl/N-ethyl adjacent to an activating group) is 1. The lowest BCUT2D eigenvalue weighted by Gasteiger charge is -2.23. The van der Waals surface area contributed by atoms with Crippen molar-refractivity contribution in [1.82, 2.24) is 19.9 Å². The zero-order chi connectivity index (χ0) is 17.1. The van der Waals surface area contributed by atoms with Gasteiger partial charge in [-0.05, 0) is 24.6 Å². The zero-order valence-corrected chi connectivity index (χ0v) is 13.6. The number of para-hydroxylation sites is 1. The van der Waals surface area contributed by atoms with Crippen LogP contribution in [0, 0.1) is 0 Å². The summed E-state index contributed by atoms with van der Waals surface area (Å²) in [4.78, 5) is 25.2. The van der Waals surface area contributed by atoms with Crippen molar-refractivity contribution < 1.29 is 4.79 Å². The predicted octanol–water partition coefficient (Wildman–Crippen LogP) is 2.77. The van der Waals surface area contributed by atoms with Crippen LogP contribution in [-0.4, -0.2) is 32.8 Å². The van der Waals surface area contributed by atoms with Crippen LogP contribution >= 0.6 is 0 Å². The molecule has 2 aromatic heterocycles. The Kier molecular flexibility index (Phi) is 4.29. The second-order valence-electron chi connectivity index (χ2n) is 5.62. The van der Waals surface area contributed by atoms with Gasteiger partial charge in [-0.15, -0.1) is 0 Å². The molecule has 24 heavy (non-hydrogen) atoms. The molecule has 1 amide bonds. The van der Waals surface area contributed by atoms with E-state index in [0.29, 0.717) is 0 Å². The standard InChI is InChI=1S/C18H19N5O/c1-12(15-11-20-16-6-4-3-5-14(15)16)23(2)17(24)8-7-13-9-21-18(19)22-10-13/h3-12,20H,1-2H3,(H2,19,21,22)/b8-7+. The highest BCUT2D eigenvalue weighted by Crippen LogP contribution is 2.27. The van der Waals surface area contributed by atoms with Crippen LogP contribution in [0.25, 0.3) is 17.0 Å². The molecule has 6 heteroatoms. The van der Waals surface area contributed by atoms with E-state index < -0.39 is 0 Å². The van der Waals surface area contributed by atoms with E-state index in [4.69, 9.17) is 5.73 Å². The van der Waals surface area contributed by atoms with Gasteiger partial charge in [0.05, 0.1) is 6.04 Å². The van der Waals surface area contributed by atoms with Gasteiger partial charge in [-0.2, -0.15) is 0 Å². The molecule has 0 spiro atoms. The van der Waals surface area contributed by atoms with Crippen molar-refractivity contribution in [2.24, 2.45) is 0 Å². The van der Waals surface area contributed by atoms with E-state index in [2.05, 4.69) is 21.0 Å². The highest BCUT2D eigenvalue weighted by atomic mass is 16.2. The molecule has 1 atom stereocenters. The van der Waals surface area contributed by atoms with Crippen LogP contribution in [0.3, 0.4) is 0 Å². The number of rotatable bonds is 4. The summed E-state index contributed by atoms with van der Waals surface area (Å²) in [5.74, 6) is 0.119. The fourth-order valence-corrected chi connectivity index (χ4v) is 2.56. The number of carbonyl (C=O) groups is 1. The molecule has 0 fully saturated rings. The summed E-state index contributed by atoms with van der Waals surface area (Å²) in [6.07, 6.45) is 8.31. The number of amides is 1. The molecule has 0 aliphatic carbocycles. The summed E-state index contributed by atoms with van der Waals surface area (Å²) < 4.78 is 0. The first-order chi connectivity index (χ1) is 11.6.